The van der Waals surface area contributed by atoms with Gasteiger partial charge in [-0.05, 0) is 18.2 Å². The summed E-state index contributed by atoms with van der Waals surface area (Å²) in [7, 11) is -3.83. The first kappa shape index (κ1) is 14.0. The minimum Gasteiger partial charge on any atom is -0.481 e. The number of rotatable bonds is 5. The van der Waals surface area contributed by atoms with E-state index in [2.05, 4.69) is 10.0 Å². The third-order valence-corrected chi connectivity index (χ3v) is 3.88. The van der Waals surface area contributed by atoms with E-state index in [1.54, 1.807) is 0 Å². The number of carboxylic acids is 1. The summed E-state index contributed by atoms with van der Waals surface area (Å²) in [5, 5.41) is 10.5. The number of nitrogens with one attached hydrogen (secondary N) is 2. The van der Waals surface area contributed by atoms with Crippen LogP contribution in [-0.4, -0.2) is 37.1 Å². The van der Waals surface area contributed by atoms with Gasteiger partial charge in [-0.25, -0.2) is 8.42 Å². The monoisotopic (exact) mass is 298 g/mol. The van der Waals surface area contributed by atoms with Gasteiger partial charge in [0.1, 0.15) is 0 Å². The van der Waals surface area contributed by atoms with Gasteiger partial charge in [0, 0.05) is 5.69 Å². The number of sulfonamides is 1. The molecule has 0 saturated heterocycles. The molecule has 0 atom stereocenters. The van der Waals surface area contributed by atoms with Gasteiger partial charge in [0.2, 0.25) is 10.0 Å². The van der Waals surface area contributed by atoms with Crippen molar-refractivity contribution in [1.29, 1.82) is 0 Å². The van der Waals surface area contributed by atoms with Crippen LogP contribution in [0.1, 0.15) is 27.1 Å². The molecule has 106 valence electrons. The number of imide groups is 1. The van der Waals surface area contributed by atoms with Crippen LogP contribution in [-0.2, 0) is 14.8 Å². The van der Waals surface area contributed by atoms with E-state index >= 15 is 0 Å². The van der Waals surface area contributed by atoms with Crippen LogP contribution in [0.15, 0.2) is 18.2 Å². The second kappa shape index (κ2) is 4.93. The van der Waals surface area contributed by atoms with E-state index in [-0.39, 0.29) is 16.8 Å². The van der Waals surface area contributed by atoms with Gasteiger partial charge in [-0.15, -0.1) is 0 Å². The maximum atomic E-state index is 11.6. The van der Waals surface area contributed by atoms with Crippen molar-refractivity contribution in [3.8, 4) is 0 Å². The van der Waals surface area contributed by atoms with Crippen LogP contribution in [0.3, 0.4) is 0 Å². The van der Waals surface area contributed by atoms with Crippen molar-refractivity contribution in [2.24, 2.45) is 0 Å². The van der Waals surface area contributed by atoms with Gasteiger partial charge in [-0.2, -0.15) is 0 Å². The molecule has 2 rings (SSSR count). The Morgan fingerprint density at radius 2 is 1.85 bits per heavy atom. The molecule has 1 aromatic rings. The van der Waals surface area contributed by atoms with Crippen LogP contribution < -0.4 is 10.0 Å². The standard InChI is InChI=1S/C11H10N2O6S/c14-9(15)3-4-20(18,19)13-6-1-2-7-8(5-6)11(17)12-10(7)16/h1-2,5,13H,3-4H2,(H,14,15)(H,12,16,17). The molecule has 1 aliphatic rings. The van der Waals surface area contributed by atoms with Crippen LogP contribution in [0.2, 0.25) is 0 Å². The number of anilines is 1. The Bertz CT molecular complexity index is 710. The number of carbonyl (C=O) groups is 3. The summed E-state index contributed by atoms with van der Waals surface area (Å²) in [6.07, 6.45) is -0.529. The van der Waals surface area contributed by atoms with Crippen LogP contribution >= 0.6 is 0 Å². The van der Waals surface area contributed by atoms with Crippen molar-refractivity contribution in [2.75, 3.05) is 10.5 Å². The Hall–Kier alpha value is -2.42. The zero-order chi connectivity index (χ0) is 14.9. The molecule has 3 N–H and O–H groups in total. The molecular formula is C11H10N2O6S. The van der Waals surface area contributed by atoms with E-state index in [0.717, 1.165) is 0 Å². The van der Waals surface area contributed by atoms with Crippen molar-refractivity contribution >= 4 is 33.5 Å². The lowest BCUT2D eigenvalue weighted by Gasteiger charge is -2.07. The molecule has 0 bridgehead atoms. The Morgan fingerprint density at radius 3 is 2.50 bits per heavy atom. The predicted octanol–water partition coefficient (Wildman–Crippen LogP) is -0.213. The summed E-state index contributed by atoms with van der Waals surface area (Å²) < 4.78 is 25.4. The first-order valence-corrected chi connectivity index (χ1v) is 7.16. The predicted molar refractivity (Wildman–Crippen MR) is 67.9 cm³/mol. The molecule has 1 heterocycles. The van der Waals surface area contributed by atoms with E-state index < -0.39 is 40.0 Å². The van der Waals surface area contributed by atoms with Crippen molar-refractivity contribution in [3.63, 3.8) is 0 Å². The minimum atomic E-state index is -3.83. The number of fused-ring (bicyclic) bond motifs is 1. The van der Waals surface area contributed by atoms with Gasteiger partial charge < -0.3 is 5.11 Å². The van der Waals surface area contributed by atoms with Crippen molar-refractivity contribution in [3.05, 3.63) is 29.3 Å². The van der Waals surface area contributed by atoms with Gasteiger partial charge in [0.25, 0.3) is 11.8 Å². The number of carboxylic acid groups (broad SMARTS) is 1. The molecule has 1 aromatic carbocycles. The Balaban J connectivity index is 2.20. The smallest absolute Gasteiger partial charge is 0.304 e. The zero-order valence-electron chi connectivity index (χ0n) is 10.0. The molecule has 1 aliphatic heterocycles. The quantitative estimate of drug-likeness (QED) is 0.645. The molecule has 0 fully saturated rings. The summed E-state index contributed by atoms with van der Waals surface area (Å²) in [4.78, 5) is 33.1. The van der Waals surface area contributed by atoms with Crippen molar-refractivity contribution < 1.29 is 27.9 Å². The largest absolute Gasteiger partial charge is 0.481 e. The Labute approximate surface area is 113 Å². The number of benzene rings is 1. The zero-order valence-corrected chi connectivity index (χ0v) is 10.9. The molecule has 0 radical (unpaired) electrons. The molecule has 20 heavy (non-hydrogen) atoms. The lowest BCUT2D eigenvalue weighted by Crippen LogP contribution is -2.20. The van der Waals surface area contributed by atoms with Crippen LogP contribution in [0.4, 0.5) is 5.69 Å². The molecular weight excluding hydrogens is 288 g/mol. The van der Waals surface area contributed by atoms with Crippen LogP contribution in [0, 0.1) is 0 Å². The molecule has 0 saturated carbocycles. The normalized spacial score (nSPS) is 13.8. The van der Waals surface area contributed by atoms with Gasteiger partial charge in [0.15, 0.2) is 0 Å². The van der Waals surface area contributed by atoms with E-state index in [9.17, 15) is 22.8 Å². The van der Waals surface area contributed by atoms with Crippen molar-refractivity contribution in [1.82, 2.24) is 5.32 Å². The minimum absolute atomic E-state index is 0.0773. The highest BCUT2D eigenvalue weighted by molar-refractivity contribution is 7.92. The molecule has 0 spiro atoms. The Morgan fingerprint density at radius 1 is 1.20 bits per heavy atom. The summed E-state index contributed by atoms with van der Waals surface area (Å²) >= 11 is 0. The first-order chi connectivity index (χ1) is 9.28. The highest BCUT2D eigenvalue weighted by Crippen LogP contribution is 2.21. The fourth-order valence-corrected chi connectivity index (χ4v) is 2.72. The van der Waals surface area contributed by atoms with Gasteiger partial charge >= 0.3 is 5.97 Å². The molecule has 0 aromatic heterocycles. The summed E-state index contributed by atoms with van der Waals surface area (Å²) in [6.45, 7) is 0. The summed E-state index contributed by atoms with van der Waals surface area (Å²) in [5.41, 5.74) is 0.343. The molecule has 9 heteroatoms. The molecule has 8 nitrogen and oxygen atoms in total. The van der Waals surface area contributed by atoms with Gasteiger partial charge in [0.05, 0.1) is 23.3 Å². The number of amides is 2. The number of carbonyl (C=O) groups excluding carboxylic acids is 2. The first-order valence-electron chi connectivity index (χ1n) is 5.50. The average Bonchev–Trinajstić information content (AvgIpc) is 2.62. The van der Waals surface area contributed by atoms with Crippen LogP contribution in [0.25, 0.3) is 0 Å². The van der Waals surface area contributed by atoms with E-state index in [1.807, 2.05) is 0 Å². The topological polar surface area (TPSA) is 130 Å². The fourth-order valence-electron chi connectivity index (χ4n) is 1.68. The second-order valence-electron chi connectivity index (χ2n) is 4.11. The summed E-state index contributed by atoms with van der Waals surface area (Å²) in [6, 6.07) is 3.88. The highest BCUT2D eigenvalue weighted by Gasteiger charge is 2.27. The van der Waals surface area contributed by atoms with Crippen molar-refractivity contribution in [2.45, 2.75) is 6.42 Å². The average molecular weight is 298 g/mol. The van der Waals surface area contributed by atoms with Gasteiger partial charge in [-0.3, -0.25) is 24.4 Å². The molecule has 0 aliphatic carbocycles. The maximum Gasteiger partial charge on any atom is 0.304 e. The highest BCUT2D eigenvalue weighted by atomic mass is 32.2. The third kappa shape index (κ3) is 2.94. The van der Waals surface area contributed by atoms with E-state index in [0.29, 0.717) is 0 Å². The molecule has 0 unspecified atom stereocenters. The van der Waals surface area contributed by atoms with Gasteiger partial charge in [-0.1, -0.05) is 0 Å². The number of hydrogen-bond acceptors (Lipinski definition) is 5. The number of aliphatic carboxylic acids is 1. The SMILES string of the molecule is O=C(O)CCS(=O)(=O)Nc1ccc2c(c1)C(=O)NC2=O. The fraction of sp³-hybridized carbons (Fsp3) is 0.182. The van der Waals surface area contributed by atoms with E-state index in [4.69, 9.17) is 5.11 Å². The number of hydrogen-bond donors (Lipinski definition) is 3. The Kier molecular flexibility index (Phi) is 3.45. The lowest BCUT2D eigenvalue weighted by molar-refractivity contribution is -0.136. The molecule has 2 amide bonds. The summed E-state index contributed by atoms with van der Waals surface area (Å²) in [5.74, 6) is -2.94. The van der Waals surface area contributed by atoms with Crippen LogP contribution in [0.5, 0.6) is 0 Å². The third-order valence-electron chi connectivity index (χ3n) is 2.59. The second-order valence-corrected chi connectivity index (χ2v) is 5.95. The maximum absolute atomic E-state index is 11.6. The van der Waals surface area contributed by atoms with E-state index in [1.165, 1.54) is 18.2 Å². The lowest BCUT2D eigenvalue weighted by atomic mass is 10.1.